The summed E-state index contributed by atoms with van der Waals surface area (Å²) >= 11 is 0. The van der Waals surface area contributed by atoms with Gasteiger partial charge in [-0.25, -0.2) is 0 Å². The van der Waals surface area contributed by atoms with Gasteiger partial charge in [0.1, 0.15) is 0 Å². The Bertz CT molecular complexity index is 236. The van der Waals surface area contributed by atoms with Crippen LogP contribution in [-0.2, 0) is 4.74 Å². The summed E-state index contributed by atoms with van der Waals surface area (Å²) in [6, 6.07) is 0. The van der Waals surface area contributed by atoms with E-state index in [1.54, 1.807) is 0 Å². The van der Waals surface area contributed by atoms with Crippen LogP contribution in [0.2, 0.25) is 0 Å². The molecule has 3 aliphatic rings. The van der Waals surface area contributed by atoms with E-state index in [9.17, 15) is 0 Å². The second-order valence-corrected chi connectivity index (χ2v) is 4.45. The van der Waals surface area contributed by atoms with E-state index in [0.717, 1.165) is 6.61 Å². The number of ether oxygens (including phenoxy) is 1. The lowest BCUT2D eigenvalue weighted by Crippen LogP contribution is -2.44. The number of hydrogen-bond donors (Lipinski definition) is 0. The van der Waals surface area contributed by atoms with Gasteiger partial charge in [0.15, 0.2) is 0 Å². The van der Waals surface area contributed by atoms with Gasteiger partial charge >= 0.3 is 0 Å². The second kappa shape index (κ2) is 2.71. The molecular weight excluding hydrogens is 160 g/mol. The highest BCUT2D eigenvalue weighted by Gasteiger charge is 2.50. The largest absolute Gasteiger partial charge is 0.370 e. The zero-order valence-electron chi connectivity index (χ0n) is 7.91. The minimum Gasteiger partial charge on any atom is -0.370 e. The smallest absolute Gasteiger partial charge is 0.0814 e. The van der Waals surface area contributed by atoms with Crippen LogP contribution < -0.4 is 0 Å². The van der Waals surface area contributed by atoms with E-state index in [1.165, 1.54) is 25.7 Å². The van der Waals surface area contributed by atoms with Gasteiger partial charge in [-0.1, -0.05) is 24.3 Å². The Hall–Kier alpha value is -0.560. The Labute approximate surface area is 79.5 Å². The van der Waals surface area contributed by atoms with Gasteiger partial charge in [-0.3, -0.25) is 0 Å². The monoisotopic (exact) mass is 176 g/mol. The van der Waals surface area contributed by atoms with E-state index in [-0.39, 0.29) is 5.60 Å². The zero-order valence-corrected chi connectivity index (χ0v) is 7.91. The van der Waals surface area contributed by atoms with Gasteiger partial charge in [0.25, 0.3) is 0 Å². The van der Waals surface area contributed by atoms with Gasteiger partial charge in [0.2, 0.25) is 0 Å². The van der Waals surface area contributed by atoms with Crippen LogP contribution in [0.3, 0.4) is 0 Å². The Morgan fingerprint density at radius 1 is 1.08 bits per heavy atom. The molecule has 0 saturated heterocycles. The van der Waals surface area contributed by atoms with Crippen LogP contribution in [0.1, 0.15) is 25.7 Å². The molecule has 0 aromatic carbocycles. The summed E-state index contributed by atoms with van der Waals surface area (Å²) in [4.78, 5) is 0. The first-order valence-electron chi connectivity index (χ1n) is 5.39. The molecule has 0 bridgehead atoms. The molecule has 1 fully saturated rings. The van der Waals surface area contributed by atoms with Crippen molar-refractivity contribution in [2.45, 2.75) is 31.3 Å². The van der Waals surface area contributed by atoms with Crippen LogP contribution >= 0.6 is 0 Å². The molecule has 1 aliphatic heterocycles. The Morgan fingerprint density at radius 2 is 1.85 bits per heavy atom. The Morgan fingerprint density at radius 3 is 2.69 bits per heavy atom. The van der Waals surface area contributed by atoms with Crippen LogP contribution in [0.4, 0.5) is 0 Å². The maximum absolute atomic E-state index is 6.06. The van der Waals surface area contributed by atoms with Crippen LogP contribution in [-0.4, -0.2) is 12.2 Å². The molecule has 0 radical (unpaired) electrons. The molecule has 0 unspecified atom stereocenters. The van der Waals surface area contributed by atoms with E-state index in [0.29, 0.717) is 11.8 Å². The van der Waals surface area contributed by atoms with Gasteiger partial charge in [-0.15, -0.1) is 0 Å². The fourth-order valence-corrected chi connectivity index (χ4v) is 3.29. The van der Waals surface area contributed by atoms with Gasteiger partial charge < -0.3 is 4.74 Å². The fraction of sp³-hybridized carbons (Fsp3) is 0.667. The SMILES string of the molecule is C1=C[C@H]2CC[C@H]3C=CCO[C@@]32CC1. The molecular formula is C12H16O. The molecule has 1 heterocycles. The Balaban J connectivity index is 2.00. The molecule has 1 nitrogen and oxygen atoms in total. The molecule has 0 amide bonds. The van der Waals surface area contributed by atoms with Gasteiger partial charge in [-0.05, 0) is 25.7 Å². The normalized spacial score (nSPS) is 47.4. The second-order valence-electron chi connectivity index (χ2n) is 4.45. The first-order valence-corrected chi connectivity index (χ1v) is 5.39. The predicted octanol–water partition coefficient (Wildman–Crippen LogP) is 2.69. The minimum absolute atomic E-state index is 0.212. The molecule has 3 atom stereocenters. The average Bonchev–Trinajstić information content (AvgIpc) is 2.56. The number of hydrogen-bond acceptors (Lipinski definition) is 1. The Kier molecular flexibility index (Phi) is 1.63. The standard InChI is InChI=1S/C12H16O/c1-2-8-12-10(4-1)6-7-11(12)5-3-9-13-12/h1,3-5,10-11H,2,6-9H2/t10-,11+,12+/m0/s1. The number of rotatable bonds is 0. The third-order valence-corrected chi connectivity index (χ3v) is 3.93. The highest BCUT2D eigenvalue weighted by molar-refractivity contribution is 5.18. The number of allylic oxidation sites excluding steroid dienone is 1. The average molecular weight is 176 g/mol. The molecule has 3 rings (SSSR count). The van der Waals surface area contributed by atoms with Crippen molar-refractivity contribution in [2.24, 2.45) is 11.8 Å². The van der Waals surface area contributed by atoms with Crippen molar-refractivity contribution in [1.82, 2.24) is 0 Å². The van der Waals surface area contributed by atoms with E-state index in [4.69, 9.17) is 4.74 Å². The van der Waals surface area contributed by atoms with Gasteiger partial charge in [0.05, 0.1) is 12.2 Å². The summed E-state index contributed by atoms with van der Waals surface area (Å²) in [6.07, 6.45) is 14.4. The summed E-state index contributed by atoms with van der Waals surface area (Å²) < 4.78 is 6.06. The lowest BCUT2D eigenvalue weighted by atomic mass is 9.76. The summed E-state index contributed by atoms with van der Waals surface area (Å²) in [5.74, 6) is 1.41. The lowest BCUT2D eigenvalue weighted by Gasteiger charge is -2.42. The van der Waals surface area contributed by atoms with E-state index >= 15 is 0 Å². The van der Waals surface area contributed by atoms with Crippen LogP contribution in [0.5, 0.6) is 0 Å². The molecule has 1 heteroatoms. The topological polar surface area (TPSA) is 9.23 Å². The summed E-state index contributed by atoms with van der Waals surface area (Å²) in [6.45, 7) is 0.834. The molecule has 0 aromatic heterocycles. The van der Waals surface area contributed by atoms with Crippen molar-refractivity contribution in [1.29, 1.82) is 0 Å². The third-order valence-electron chi connectivity index (χ3n) is 3.93. The minimum atomic E-state index is 0.212. The quantitative estimate of drug-likeness (QED) is 0.516. The molecule has 1 spiro atoms. The summed E-state index contributed by atoms with van der Waals surface area (Å²) in [7, 11) is 0. The first-order chi connectivity index (χ1) is 6.42. The van der Waals surface area contributed by atoms with Crippen molar-refractivity contribution >= 4 is 0 Å². The predicted molar refractivity (Wildman–Crippen MR) is 52.4 cm³/mol. The van der Waals surface area contributed by atoms with E-state index in [1.807, 2.05) is 0 Å². The fourth-order valence-electron chi connectivity index (χ4n) is 3.29. The van der Waals surface area contributed by atoms with Crippen LogP contribution in [0.15, 0.2) is 24.3 Å². The van der Waals surface area contributed by atoms with Crippen molar-refractivity contribution in [3.63, 3.8) is 0 Å². The first kappa shape index (κ1) is 7.81. The molecule has 1 saturated carbocycles. The van der Waals surface area contributed by atoms with Crippen molar-refractivity contribution in [3.8, 4) is 0 Å². The van der Waals surface area contributed by atoms with Crippen molar-refractivity contribution in [3.05, 3.63) is 24.3 Å². The molecule has 70 valence electrons. The van der Waals surface area contributed by atoms with Crippen molar-refractivity contribution in [2.75, 3.05) is 6.61 Å². The summed E-state index contributed by atoms with van der Waals surface area (Å²) in [5, 5.41) is 0. The molecule has 13 heavy (non-hydrogen) atoms. The van der Waals surface area contributed by atoms with Crippen LogP contribution in [0, 0.1) is 11.8 Å². The van der Waals surface area contributed by atoms with Gasteiger partial charge in [-0.2, -0.15) is 0 Å². The molecule has 0 N–H and O–H groups in total. The maximum atomic E-state index is 6.06. The highest BCUT2D eigenvalue weighted by Crippen LogP contribution is 2.50. The summed E-state index contributed by atoms with van der Waals surface area (Å²) in [5.41, 5.74) is 0.212. The van der Waals surface area contributed by atoms with E-state index < -0.39 is 0 Å². The maximum Gasteiger partial charge on any atom is 0.0814 e. The van der Waals surface area contributed by atoms with Crippen molar-refractivity contribution < 1.29 is 4.74 Å². The zero-order chi connectivity index (χ0) is 8.73. The van der Waals surface area contributed by atoms with Crippen LogP contribution in [0.25, 0.3) is 0 Å². The van der Waals surface area contributed by atoms with E-state index in [2.05, 4.69) is 24.3 Å². The highest BCUT2D eigenvalue weighted by atomic mass is 16.5. The lowest BCUT2D eigenvalue weighted by molar-refractivity contribution is -0.0844. The molecule has 2 aliphatic carbocycles. The van der Waals surface area contributed by atoms with Gasteiger partial charge in [0, 0.05) is 11.8 Å². The third kappa shape index (κ3) is 0.969. The molecule has 0 aromatic rings.